The van der Waals surface area contributed by atoms with Gasteiger partial charge in [-0.3, -0.25) is 25.0 Å². The molecule has 1 aliphatic rings. The number of hydrogen-bond acceptors (Lipinski definition) is 9. The number of nitro groups is 1. The smallest absolute Gasteiger partial charge is 0.338 e. The molecule has 1 fully saturated rings. The van der Waals surface area contributed by atoms with Crippen molar-refractivity contribution in [2.75, 3.05) is 23.9 Å². The van der Waals surface area contributed by atoms with E-state index in [4.69, 9.17) is 0 Å². The monoisotopic (exact) mass is 467 g/mol. The maximum Gasteiger partial charge on any atom is 0.338 e. The van der Waals surface area contributed by atoms with Crippen LogP contribution in [0.1, 0.15) is 38.1 Å². The number of benzene rings is 2. The van der Waals surface area contributed by atoms with Crippen LogP contribution >= 0.6 is 11.3 Å². The number of carbonyl (C=O) groups is 3. The third kappa shape index (κ3) is 4.70. The highest BCUT2D eigenvalue weighted by atomic mass is 32.1. The number of carbonyl (C=O) groups excluding carboxylic acids is 3. The lowest BCUT2D eigenvalue weighted by atomic mass is 10.1. The van der Waals surface area contributed by atoms with Crippen LogP contribution in [-0.4, -0.2) is 46.6 Å². The first-order valence-electron chi connectivity index (χ1n) is 9.73. The molecule has 1 atom stereocenters. The van der Waals surface area contributed by atoms with Crippen LogP contribution in [0.5, 0.6) is 0 Å². The summed E-state index contributed by atoms with van der Waals surface area (Å²) >= 11 is 1.12. The van der Waals surface area contributed by atoms with Crippen molar-refractivity contribution < 1.29 is 24.0 Å². The largest absolute Gasteiger partial charge is 0.465 e. The Morgan fingerprint density at radius 2 is 1.91 bits per heavy atom. The molecule has 0 saturated carbocycles. The van der Waals surface area contributed by atoms with Crippen LogP contribution in [0.25, 0.3) is 0 Å². The predicted octanol–water partition coefficient (Wildman–Crippen LogP) is 3.01. The molecule has 1 unspecified atom stereocenters. The molecule has 0 radical (unpaired) electrons. The second kappa shape index (κ2) is 9.12. The van der Waals surface area contributed by atoms with Crippen LogP contribution in [0.4, 0.5) is 16.5 Å². The molecule has 12 heteroatoms. The summed E-state index contributed by atoms with van der Waals surface area (Å²) in [5, 5.41) is 22.5. The van der Waals surface area contributed by atoms with Crippen LogP contribution in [0.2, 0.25) is 0 Å². The molecule has 1 aliphatic heterocycles. The van der Waals surface area contributed by atoms with Gasteiger partial charge in [-0.25, -0.2) is 4.79 Å². The number of hydrogen-bond donors (Lipinski definition) is 1. The number of esters is 1. The second-order valence-corrected chi connectivity index (χ2v) is 8.17. The molecule has 1 saturated heterocycles. The number of nitro benzene ring substituents is 1. The van der Waals surface area contributed by atoms with Gasteiger partial charge in [-0.15, -0.1) is 10.2 Å². The number of anilines is 2. The van der Waals surface area contributed by atoms with Crippen molar-refractivity contribution in [3.05, 3.63) is 74.8 Å². The van der Waals surface area contributed by atoms with E-state index in [1.54, 1.807) is 4.90 Å². The maximum atomic E-state index is 12.7. The van der Waals surface area contributed by atoms with E-state index < -0.39 is 22.5 Å². The number of nitrogens with zero attached hydrogens (tertiary/aromatic N) is 4. The summed E-state index contributed by atoms with van der Waals surface area (Å²) < 4.78 is 4.59. The summed E-state index contributed by atoms with van der Waals surface area (Å²) in [4.78, 5) is 49.1. The Kier molecular flexibility index (Phi) is 6.09. The molecule has 2 amide bonds. The van der Waals surface area contributed by atoms with E-state index in [2.05, 4.69) is 20.3 Å². The second-order valence-electron chi connectivity index (χ2n) is 7.16. The summed E-state index contributed by atoms with van der Waals surface area (Å²) in [6, 6.07) is 12.6. The molecule has 0 aliphatic carbocycles. The highest BCUT2D eigenvalue weighted by molar-refractivity contribution is 7.15. The molecule has 1 aromatic heterocycles. The normalized spacial score (nSPS) is 15.4. The molecular formula is C21H17N5O6S. The maximum absolute atomic E-state index is 12.7. The van der Waals surface area contributed by atoms with Gasteiger partial charge in [-0.05, 0) is 18.2 Å². The molecule has 168 valence electrons. The quantitative estimate of drug-likeness (QED) is 0.331. The standard InChI is InChI=1S/C21H17N5O6S/c1-32-20(29)13-7-12(8-16(9-13)26(30)31)18(28)22-21-24-23-19(33-21)14-10-17(27)25(11-14)15-5-3-2-4-6-15/h2-9,14H,10-11H2,1H3,(H,22,24,28). The Balaban J connectivity index is 1.50. The zero-order valence-electron chi connectivity index (χ0n) is 17.3. The van der Waals surface area contributed by atoms with Gasteiger partial charge in [0.25, 0.3) is 11.6 Å². The zero-order chi connectivity index (χ0) is 23.5. The number of ether oxygens (including phenoxy) is 1. The fourth-order valence-electron chi connectivity index (χ4n) is 3.43. The lowest BCUT2D eigenvalue weighted by molar-refractivity contribution is -0.384. The molecule has 3 aromatic rings. The topological polar surface area (TPSA) is 145 Å². The van der Waals surface area contributed by atoms with E-state index in [1.807, 2.05) is 30.3 Å². The molecule has 33 heavy (non-hydrogen) atoms. The molecular weight excluding hydrogens is 450 g/mol. The summed E-state index contributed by atoms with van der Waals surface area (Å²) in [5.41, 5.74) is 0.148. The van der Waals surface area contributed by atoms with E-state index in [1.165, 1.54) is 6.07 Å². The molecule has 1 N–H and O–H groups in total. The van der Waals surface area contributed by atoms with E-state index >= 15 is 0 Å². The predicted molar refractivity (Wildman–Crippen MR) is 118 cm³/mol. The fourth-order valence-corrected chi connectivity index (χ4v) is 4.26. The first-order valence-corrected chi connectivity index (χ1v) is 10.6. The number of rotatable bonds is 6. The van der Waals surface area contributed by atoms with Gasteiger partial charge >= 0.3 is 5.97 Å². The summed E-state index contributed by atoms with van der Waals surface area (Å²) in [7, 11) is 1.14. The average Bonchev–Trinajstić information content (AvgIpc) is 3.45. The SMILES string of the molecule is COC(=O)c1cc(C(=O)Nc2nnc(C3CC(=O)N(c4ccccc4)C3)s2)cc([N+](=O)[O-])c1. The van der Waals surface area contributed by atoms with Gasteiger partial charge in [-0.1, -0.05) is 29.5 Å². The van der Waals surface area contributed by atoms with Gasteiger partial charge < -0.3 is 9.64 Å². The number of para-hydroxylation sites is 1. The van der Waals surface area contributed by atoms with Crippen molar-refractivity contribution in [3.8, 4) is 0 Å². The number of aromatic nitrogens is 2. The van der Waals surface area contributed by atoms with Crippen molar-refractivity contribution in [2.24, 2.45) is 0 Å². The van der Waals surface area contributed by atoms with Crippen molar-refractivity contribution >= 4 is 45.6 Å². The Hall–Kier alpha value is -4.19. The van der Waals surface area contributed by atoms with E-state index in [9.17, 15) is 24.5 Å². The number of amides is 2. The van der Waals surface area contributed by atoms with Crippen LogP contribution < -0.4 is 10.2 Å². The minimum Gasteiger partial charge on any atom is -0.465 e. The Labute approximate surface area is 191 Å². The minimum atomic E-state index is -0.806. The summed E-state index contributed by atoms with van der Waals surface area (Å²) in [6.45, 7) is 0.443. The molecule has 2 aromatic carbocycles. The van der Waals surface area contributed by atoms with Gasteiger partial charge in [0.05, 0.1) is 17.6 Å². The highest BCUT2D eigenvalue weighted by Crippen LogP contribution is 2.34. The van der Waals surface area contributed by atoms with Crippen LogP contribution in [0, 0.1) is 10.1 Å². The summed E-state index contributed by atoms with van der Waals surface area (Å²) in [6.07, 6.45) is 0.269. The van der Waals surface area contributed by atoms with Crippen molar-refractivity contribution in [1.29, 1.82) is 0 Å². The van der Waals surface area contributed by atoms with Gasteiger partial charge in [0.15, 0.2) is 0 Å². The molecule has 0 spiro atoms. The first-order chi connectivity index (χ1) is 15.9. The number of non-ortho nitro benzene ring substituents is 1. The van der Waals surface area contributed by atoms with Crippen LogP contribution in [0.15, 0.2) is 48.5 Å². The Morgan fingerprint density at radius 3 is 2.61 bits per heavy atom. The Bertz CT molecular complexity index is 1240. The van der Waals surface area contributed by atoms with Gasteiger partial charge in [0.1, 0.15) is 5.01 Å². The Morgan fingerprint density at radius 1 is 1.18 bits per heavy atom. The average molecular weight is 467 g/mol. The number of nitrogens with one attached hydrogen (secondary N) is 1. The molecule has 2 heterocycles. The third-order valence-electron chi connectivity index (χ3n) is 5.02. The lowest BCUT2D eigenvalue weighted by Gasteiger charge is -2.15. The molecule has 11 nitrogen and oxygen atoms in total. The van der Waals surface area contributed by atoms with Crippen molar-refractivity contribution in [2.45, 2.75) is 12.3 Å². The van der Waals surface area contributed by atoms with Crippen molar-refractivity contribution in [3.63, 3.8) is 0 Å². The van der Waals surface area contributed by atoms with Gasteiger partial charge in [-0.2, -0.15) is 0 Å². The van der Waals surface area contributed by atoms with E-state index in [-0.39, 0.29) is 34.5 Å². The van der Waals surface area contributed by atoms with Crippen LogP contribution in [0.3, 0.4) is 0 Å². The lowest BCUT2D eigenvalue weighted by Crippen LogP contribution is -2.24. The van der Waals surface area contributed by atoms with Crippen molar-refractivity contribution in [1.82, 2.24) is 10.2 Å². The highest BCUT2D eigenvalue weighted by Gasteiger charge is 2.34. The molecule has 0 bridgehead atoms. The van der Waals surface area contributed by atoms with Crippen LogP contribution in [-0.2, 0) is 9.53 Å². The fraction of sp³-hybridized carbons (Fsp3) is 0.190. The first kappa shape index (κ1) is 22.0. The van der Waals surface area contributed by atoms with E-state index in [0.29, 0.717) is 11.6 Å². The molecule has 4 rings (SSSR count). The summed E-state index contributed by atoms with van der Waals surface area (Å²) in [5.74, 6) is -1.71. The number of methoxy groups -OCH3 is 1. The zero-order valence-corrected chi connectivity index (χ0v) is 18.1. The third-order valence-corrected chi connectivity index (χ3v) is 6.02. The van der Waals surface area contributed by atoms with E-state index in [0.717, 1.165) is 36.3 Å². The van der Waals surface area contributed by atoms with Gasteiger partial charge in [0.2, 0.25) is 11.0 Å². The van der Waals surface area contributed by atoms with Gasteiger partial charge in [0, 0.05) is 42.3 Å². The minimum absolute atomic E-state index is 0.0288.